The number of benzene rings is 1. The molecule has 0 saturated heterocycles. The van der Waals surface area contributed by atoms with Gasteiger partial charge in [-0.15, -0.1) is 23.1 Å². The van der Waals surface area contributed by atoms with E-state index in [-0.39, 0.29) is 11.2 Å². The second-order valence-electron chi connectivity index (χ2n) is 5.49. The van der Waals surface area contributed by atoms with Gasteiger partial charge in [0, 0.05) is 15.5 Å². The number of thiophene rings is 1. The van der Waals surface area contributed by atoms with Crippen LogP contribution in [0.25, 0.3) is 5.69 Å². The zero-order valence-corrected chi connectivity index (χ0v) is 15.2. The molecule has 0 bridgehead atoms. The summed E-state index contributed by atoms with van der Waals surface area (Å²) in [5, 5.41) is 10.5. The van der Waals surface area contributed by atoms with Crippen molar-refractivity contribution in [3.8, 4) is 5.69 Å². The molecule has 0 saturated carbocycles. The van der Waals surface area contributed by atoms with Crippen molar-refractivity contribution in [1.29, 1.82) is 0 Å². The molecule has 2 aromatic heterocycles. The monoisotopic (exact) mass is 375 g/mol. The molecule has 7 heteroatoms. The number of aromatic nitrogens is 2. The molecule has 0 unspecified atom stereocenters. The third-order valence-corrected chi connectivity index (χ3v) is 6.44. The van der Waals surface area contributed by atoms with Crippen LogP contribution in [0.15, 0.2) is 41.8 Å². The third kappa shape index (κ3) is 2.75. The number of halogens is 1. The van der Waals surface area contributed by atoms with Crippen molar-refractivity contribution in [2.75, 3.05) is 11.1 Å². The lowest BCUT2D eigenvalue weighted by Crippen LogP contribution is -2.15. The molecule has 1 aliphatic heterocycles. The average Bonchev–Trinajstić information content (AvgIpc) is 3.14. The van der Waals surface area contributed by atoms with E-state index in [1.54, 1.807) is 27.8 Å². The summed E-state index contributed by atoms with van der Waals surface area (Å²) in [6, 6.07) is 11.6. The van der Waals surface area contributed by atoms with Crippen molar-refractivity contribution >= 4 is 46.4 Å². The molecule has 0 spiro atoms. The van der Waals surface area contributed by atoms with Gasteiger partial charge >= 0.3 is 0 Å². The average molecular weight is 376 g/mol. The summed E-state index contributed by atoms with van der Waals surface area (Å²) in [6.07, 6.45) is 0. The second kappa shape index (κ2) is 6.27. The molecule has 1 aromatic carbocycles. The van der Waals surface area contributed by atoms with Crippen molar-refractivity contribution in [3.05, 3.63) is 62.9 Å². The molecule has 4 nitrogen and oxygen atoms in total. The maximum atomic E-state index is 12.2. The Kier molecular flexibility index (Phi) is 4.12. The van der Waals surface area contributed by atoms with Crippen molar-refractivity contribution in [1.82, 2.24) is 9.78 Å². The minimum Gasteiger partial charge on any atom is -0.310 e. The fourth-order valence-corrected chi connectivity index (χ4v) is 5.19. The summed E-state index contributed by atoms with van der Waals surface area (Å²) in [7, 11) is 0. The zero-order chi connectivity index (χ0) is 16.7. The van der Waals surface area contributed by atoms with Crippen LogP contribution in [0.2, 0.25) is 5.02 Å². The molecule has 3 aromatic rings. The number of aryl methyl sites for hydroxylation is 1. The van der Waals surface area contributed by atoms with Gasteiger partial charge in [-0.05, 0) is 36.6 Å². The molecule has 0 radical (unpaired) electrons. The Hall–Kier alpha value is -1.76. The van der Waals surface area contributed by atoms with Crippen LogP contribution < -0.4 is 5.32 Å². The topological polar surface area (TPSA) is 46.9 Å². The number of nitrogens with zero attached hydrogens (tertiary/aromatic N) is 2. The molecule has 0 fully saturated rings. The maximum absolute atomic E-state index is 12.2. The van der Waals surface area contributed by atoms with Crippen molar-refractivity contribution < 1.29 is 4.79 Å². The third-order valence-electron chi connectivity index (χ3n) is 3.86. The summed E-state index contributed by atoms with van der Waals surface area (Å²) < 4.78 is 1.78. The van der Waals surface area contributed by atoms with Gasteiger partial charge in [-0.2, -0.15) is 5.10 Å². The predicted molar refractivity (Wildman–Crippen MR) is 101 cm³/mol. The fourth-order valence-electron chi connectivity index (χ4n) is 2.84. The summed E-state index contributed by atoms with van der Waals surface area (Å²) in [4.78, 5) is 13.5. The van der Waals surface area contributed by atoms with E-state index in [4.69, 9.17) is 11.6 Å². The van der Waals surface area contributed by atoms with E-state index >= 15 is 0 Å². The number of hydrogen-bond donors (Lipinski definition) is 1. The van der Waals surface area contributed by atoms with E-state index in [9.17, 15) is 4.79 Å². The Morgan fingerprint density at radius 2 is 2.21 bits per heavy atom. The predicted octanol–water partition coefficient (Wildman–Crippen LogP) is 4.67. The molecule has 3 heterocycles. The van der Waals surface area contributed by atoms with E-state index < -0.39 is 0 Å². The zero-order valence-electron chi connectivity index (χ0n) is 12.8. The molecule has 1 amide bonds. The van der Waals surface area contributed by atoms with Gasteiger partial charge in [0.25, 0.3) is 0 Å². The van der Waals surface area contributed by atoms with Crippen LogP contribution in [0.1, 0.15) is 21.4 Å². The quantitative estimate of drug-likeness (QED) is 0.708. The first-order valence-electron chi connectivity index (χ1n) is 7.44. The lowest BCUT2D eigenvalue weighted by molar-refractivity contribution is -0.113. The lowest BCUT2D eigenvalue weighted by atomic mass is 10.1. The largest absolute Gasteiger partial charge is 0.310 e. The number of thioether (sulfide) groups is 1. The van der Waals surface area contributed by atoms with Crippen LogP contribution in [0.4, 0.5) is 5.82 Å². The normalized spacial score (nSPS) is 17.2. The number of nitrogens with one attached hydrogen (secondary N) is 1. The van der Waals surface area contributed by atoms with Gasteiger partial charge in [0.2, 0.25) is 5.91 Å². The molecular weight excluding hydrogens is 362 g/mol. The Morgan fingerprint density at radius 3 is 2.96 bits per heavy atom. The molecular formula is C17H14ClN3OS2. The van der Waals surface area contributed by atoms with Gasteiger partial charge in [-0.1, -0.05) is 23.7 Å². The molecule has 1 atom stereocenters. The summed E-state index contributed by atoms with van der Waals surface area (Å²) in [5.41, 5.74) is 2.82. The molecule has 1 aliphatic rings. The van der Waals surface area contributed by atoms with Crippen molar-refractivity contribution in [2.45, 2.75) is 12.2 Å². The van der Waals surface area contributed by atoms with E-state index in [2.05, 4.69) is 21.9 Å². The Morgan fingerprint density at radius 1 is 1.33 bits per heavy atom. The van der Waals surface area contributed by atoms with E-state index in [1.165, 1.54) is 4.88 Å². The van der Waals surface area contributed by atoms with Gasteiger partial charge in [0.05, 0.1) is 22.4 Å². The highest BCUT2D eigenvalue weighted by Crippen LogP contribution is 2.45. The summed E-state index contributed by atoms with van der Waals surface area (Å²) in [5.74, 6) is 1.15. The number of fused-ring (bicyclic) bond motifs is 1. The van der Waals surface area contributed by atoms with Gasteiger partial charge < -0.3 is 5.32 Å². The van der Waals surface area contributed by atoms with Crippen molar-refractivity contribution in [2.24, 2.45) is 0 Å². The van der Waals surface area contributed by atoms with E-state index in [0.717, 1.165) is 22.8 Å². The Labute approximate surface area is 152 Å². The van der Waals surface area contributed by atoms with Gasteiger partial charge in [-0.25, -0.2) is 4.68 Å². The molecule has 24 heavy (non-hydrogen) atoms. The minimum absolute atomic E-state index is 0.0107. The highest BCUT2D eigenvalue weighted by Gasteiger charge is 2.31. The maximum Gasteiger partial charge on any atom is 0.235 e. The van der Waals surface area contributed by atoms with Crippen LogP contribution in [0.3, 0.4) is 0 Å². The van der Waals surface area contributed by atoms with Gasteiger partial charge in [-0.3, -0.25) is 4.79 Å². The van der Waals surface area contributed by atoms with Crippen LogP contribution in [0, 0.1) is 6.92 Å². The first-order valence-corrected chi connectivity index (χ1v) is 9.74. The summed E-state index contributed by atoms with van der Waals surface area (Å²) in [6.45, 7) is 1.98. The van der Waals surface area contributed by atoms with E-state index in [0.29, 0.717) is 10.8 Å². The molecule has 122 valence electrons. The van der Waals surface area contributed by atoms with Crippen LogP contribution >= 0.6 is 34.7 Å². The number of carbonyl (C=O) groups excluding carboxylic acids is 1. The van der Waals surface area contributed by atoms with Crippen LogP contribution in [-0.4, -0.2) is 21.4 Å². The fraction of sp³-hybridized carbons (Fsp3) is 0.176. The SMILES string of the molecule is Cc1nn(-c2cccc(Cl)c2)c2c1[C@@H](c1cccs1)SCC(=O)N2. The Bertz CT molecular complexity index is 905. The standard InChI is InChI=1S/C17H14ClN3OS2/c1-10-15-16(13-6-3-7-23-13)24-9-14(22)19-17(15)21(20-10)12-5-2-4-11(18)8-12/h2-8,16H,9H2,1H3,(H,19,22)/t16-/m1/s1. The molecule has 4 rings (SSSR count). The lowest BCUT2D eigenvalue weighted by Gasteiger charge is -2.13. The Balaban J connectivity index is 1.91. The molecule has 0 aliphatic carbocycles. The number of amides is 1. The van der Waals surface area contributed by atoms with Crippen LogP contribution in [-0.2, 0) is 4.79 Å². The smallest absolute Gasteiger partial charge is 0.235 e. The first-order chi connectivity index (χ1) is 11.6. The minimum atomic E-state index is -0.0107. The number of hydrogen-bond acceptors (Lipinski definition) is 4. The van der Waals surface area contributed by atoms with Gasteiger partial charge in [0.15, 0.2) is 0 Å². The highest BCUT2D eigenvalue weighted by atomic mass is 35.5. The number of rotatable bonds is 2. The first kappa shape index (κ1) is 15.7. The van der Waals surface area contributed by atoms with Gasteiger partial charge in [0.1, 0.15) is 5.82 Å². The number of anilines is 1. The number of carbonyl (C=O) groups is 1. The van der Waals surface area contributed by atoms with E-state index in [1.807, 2.05) is 37.3 Å². The summed E-state index contributed by atoms with van der Waals surface area (Å²) >= 11 is 9.46. The second-order valence-corrected chi connectivity index (χ2v) is 8.00. The highest BCUT2D eigenvalue weighted by molar-refractivity contribution is 8.00. The van der Waals surface area contributed by atoms with Crippen molar-refractivity contribution in [3.63, 3.8) is 0 Å². The van der Waals surface area contributed by atoms with Crippen LogP contribution in [0.5, 0.6) is 0 Å². The molecule has 1 N–H and O–H groups in total.